The summed E-state index contributed by atoms with van der Waals surface area (Å²) in [5.41, 5.74) is -0.468. The van der Waals surface area contributed by atoms with Crippen LogP contribution in [0, 0.1) is 0 Å². The summed E-state index contributed by atoms with van der Waals surface area (Å²) in [6.45, 7) is 1.82. The molecule has 0 atom stereocenters. The maximum absolute atomic E-state index is 11.9. The van der Waals surface area contributed by atoms with E-state index < -0.39 is 5.60 Å². The van der Waals surface area contributed by atoms with E-state index in [0.29, 0.717) is 17.8 Å². The fourth-order valence-corrected chi connectivity index (χ4v) is 2.68. The largest absolute Gasteiger partial charge is 0.493 e. The van der Waals surface area contributed by atoms with Crippen LogP contribution in [0.5, 0.6) is 5.88 Å². The summed E-state index contributed by atoms with van der Waals surface area (Å²) in [4.78, 5) is 18.8. The number of aromatic hydroxyl groups is 1. The van der Waals surface area contributed by atoms with Crippen molar-refractivity contribution in [3.8, 4) is 5.88 Å². The Kier molecular flexibility index (Phi) is 3.71. The number of hydrogen-bond donors (Lipinski definition) is 2. The molecule has 2 rings (SSSR count). The Morgan fingerprint density at radius 1 is 1.39 bits per heavy atom. The molecule has 5 nitrogen and oxygen atoms in total. The molecule has 0 spiro atoms. The number of hydrogen-bond acceptors (Lipinski definition) is 4. The van der Waals surface area contributed by atoms with Crippen LogP contribution in [0.3, 0.4) is 0 Å². The molecule has 0 aliphatic heterocycles. The highest BCUT2D eigenvalue weighted by molar-refractivity contribution is 5.24. The molecule has 2 N–H and O–H groups in total. The summed E-state index contributed by atoms with van der Waals surface area (Å²) in [5.74, 6) is 0.294. The minimum Gasteiger partial charge on any atom is -0.493 e. The van der Waals surface area contributed by atoms with E-state index in [2.05, 4.69) is 9.97 Å². The van der Waals surface area contributed by atoms with Gasteiger partial charge in [0.1, 0.15) is 11.4 Å². The molecular weight excluding hydrogens is 232 g/mol. The number of aromatic nitrogens is 2. The van der Waals surface area contributed by atoms with Crippen molar-refractivity contribution in [3.63, 3.8) is 0 Å². The summed E-state index contributed by atoms with van der Waals surface area (Å²) in [6, 6.07) is 0. The van der Waals surface area contributed by atoms with Gasteiger partial charge >= 0.3 is 0 Å². The van der Waals surface area contributed by atoms with E-state index in [4.69, 9.17) is 4.74 Å². The fraction of sp³-hybridized carbons (Fsp3) is 0.692. The molecule has 0 radical (unpaired) electrons. The molecule has 0 amide bonds. The van der Waals surface area contributed by atoms with Crippen LogP contribution in [-0.2, 0) is 16.8 Å². The van der Waals surface area contributed by atoms with Gasteiger partial charge in [0.25, 0.3) is 5.56 Å². The maximum Gasteiger partial charge on any atom is 0.258 e. The van der Waals surface area contributed by atoms with Crippen molar-refractivity contribution in [3.05, 3.63) is 21.7 Å². The van der Waals surface area contributed by atoms with Crippen LogP contribution in [-0.4, -0.2) is 22.2 Å². The second-order valence-electron chi connectivity index (χ2n) is 4.83. The molecule has 1 aliphatic rings. The minimum atomic E-state index is -0.541. The van der Waals surface area contributed by atoms with Gasteiger partial charge in [-0.2, -0.15) is 4.98 Å². The number of nitrogens with zero attached hydrogens (tertiary/aromatic N) is 1. The van der Waals surface area contributed by atoms with Crippen molar-refractivity contribution >= 4 is 0 Å². The number of nitrogens with one attached hydrogen (secondary N) is 1. The number of aromatic amines is 1. The van der Waals surface area contributed by atoms with Crippen molar-refractivity contribution < 1.29 is 9.84 Å². The molecule has 100 valence electrons. The van der Waals surface area contributed by atoms with E-state index in [9.17, 15) is 9.90 Å². The molecule has 0 bridgehead atoms. The average Bonchev–Trinajstić information content (AvgIpc) is 2.39. The Hall–Kier alpha value is -1.36. The zero-order chi connectivity index (χ0) is 13.2. The predicted molar refractivity (Wildman–Crippen MR) is 67.7 cm³/mol. The second-order valence-corrected chi connectivity index (χ2v) is 4.83. The monoisotopic (exact) mass is 252 g/mol. The molecule has 0 unspecified atom stereocenters. The lowest BCUT2D eigenvalue weighted by molar-refractivity contribution is -0.0520. The lowest BCUT2D eigenvalue weighted by Crippen LogP contribution is -2.35. The van der Waals surface area contributed by atoms with Crippen molar-refractivity contribution in [2.24, 2.45) is 0 Å². The molecule has 0 saturated heterocycles. The number of H-pyrrole nitrogens is 1. The maximum atomic E-state index is 11.9. The third-order valence-electron chi connectivity index (χ3n) is 3.83. The standard InChI is InChI=1S/C13H20N2O3/c1-3-9-10(16)14-12(15-11(9)17)13(18-2)7-5-4-6-8-13/h3-8H2,1-2H3,(H2,14,15,16,17). The van der Waals surface area contributed by atoms with Gasteiger partial charge in [0, 0.05) is 7.11 Å². The SMILES string of the molecule is CCc1c(O)nc(C2(OC)CCCCC2)[nH]c1=O. The summed E-state index contributed by atoms with van der Waals surface area (Å²) in [7, 11) is 1.64. The summed E-state index contributed by atoms with van der Waals surface area (Å²) >= 11 is 0. The van der Waals surface area contributed by atoms with Gasteiger partial charge in [-0.15, -0.1) is 0 Å². The Morgan fingerprint density at radius 2 is 2.06 bits per heavy atom. The van der Waals surface area contributed by atoms with Gasteiger partial charge in [-0.05, 0) is 19.3 Å². The predicted octanol–water partition coefficient (Wildman–Crippen LogP) is 1.84. The first-order valence-corrected chi connectivity index (χ1v) is 6.51. The smallest absolute Gasteiger partial charge is 0.258 e. The Morgan fingerprint density at radius 3 is 2.56 bits per heavy atom. The summed E-state index contributed by atoms with van der Waals surface area (Å²) in [6.07, 6.45) is 5.40. The normalized spacial score (nSPS) is 18.8. The molecular formula is C13H20N2O3. The van der Waals surface area contributed by atoms with E-state index in [1.807, 2.05) is 6.92 Å². The Bertz CT molecular complexity index is 476. The van der Waals surface area contributed by atoms with Crippen LogP contribution in [0.15, 0.2) is 4.79 Å². The average molecular weight is 252 g/mol. The van der Waals surface area contributed by atoms with Gasteiger partial charge in [0.15, 0.2) is 0 Å². The lowest BCUT2D eigenvalue weighted by atomic mass is 9.84. The molecule has 1 heterocycles. The highest BCUT2D eigenvalue weighted by Gasteiger charge is 2.37. The van der Waals surface area contributed by atoms with Gasteiger partial charge in [-0.1, -0.05) is 26.2 Å². The lowest BCUT2D eigenvalue weighted by Gasteiger charge is -2.34. The second kappa shape index (κ2) is 5.10. The van der Waals surface area contributed by atoms with Crippen LogP contribution >= 0.6 is 0 Å². The Labute approximate surface area is 106 Å². The molecule has 1 fully saturated rings. The number of methoxy groups -OCH3 is 1. The zero-order valence-electron chi connectivity index (χ0n) is 11.0. The van der Waals surface area contributed by atoms with E-state index in [0.717, 1.165) is 25.7 Å². The fourth-order valence-electron chi connectivity index (χ4n) is 2.68. The third kappa shape index (κ3) is 2.14. The van der Waals surface area contributed by atoms with Crippen LogP contribution < -0.4 is 5.56 Å². The Balaban J connectivity index is 2.46. The molecule has 1 aromatic heterocycles. The molecule has 5 heteroatoms. The van der Waals surface area contributed by atoms with Gasteiger partial charge in [0.05, 0.1) is 5.56 Å². The first-order chi connectivity index (χ1) is 8.63. The third-order valence-corrected chi connectivity index (χ3v) is 3.83. The highest BCUT2D eigenvalue weighted by Crippen LogP contribution is 2.38. The van der Waals surface area contributed by atoms with Gasteiger partial charge in [0.2, 0.25) is 5.88 Å². The summed E-state index contributed by atoms with van der Waals surface area (Å²) < 4.78 is 5.60. The molecule has 1 saturated carbocycles. The van der Waals surface area contributed by atoms with E-state index in [1.165, 1.54) is 6.42 Å². The van der Waals surface area contributed by atoms with Crippen molar-refractivity contribution in [2.75, 3.05) is 7.11 Å². The van der Waals surface area contributed by atoms with Crippen LogP contribution in [0.4, 0.5) is 0 Å². The van der Waals surface area contributed by atoms with Gasteiger partial charge in [-0.3, -0.25) is 4.79 Å². The van der Waals surface area contributed by atoms with Crippen LogP contribution in [0.1, 0.15) is 50.4 Å². The summed E-state index contributed by atoms with van der Waals surface area (Å²) in [5, 5.41) is 9.83. The van der Waals surface area contributed by atoms with Crippen molar-refractivity contribution in [2.45, 2.75) is 51.0 Å². The number of rotatable bonds is 3. The van der Waals surface area contributed by atoms with E-state index >= 15 is 0 Å². The van der Waals surface area contributed by atoms with Crippen molar-refractivity contribution in [1.82, 2.24) is 9.97 Å². The molecule has 0 aromatic carbocycles. The first kappa shape index (κ1) is 13.1. The number of ether oxygens (including phenoxy) is 1. The quantitative estimate of drug-likeness (QED) is 0.860. The molecule has 1 aromatic rings. The van der Waals surface area contributed by atoms with E-state index in [-0.39, 0.29) is 11.4 Å². The highest BCUT2D eigenvalue weighted by atomic mass is 16.5. The van der Waals surface area contributed by atoms with E-state index in [1.54, 1.807) is 7.11 Å². The van der Waals surface area contributed by atoms with Gasteiger partial charge in [-0.25, -0.2) is 0 Å². The van der Waals surface area contributed by atoms with Crippen molar-refractivity contribution in [1.29, 1.82) is 0 Å². The van der Waals surface area contributed by atoms with Crippen LogP contribution in [0.25, 0.3) is 0 Å². The minimum absolute atomic E-state index is 0.168. The topological polar surface area (TPSA) is 75.2 Å². The zero-order valence-corrected chi connectivity index (χ0v) is 11.0. The van der Waals surface area contributed by atoms with Crippen LogP contribution in [0.2, 0.25) is 0 Å². The van der Waals surface area contributed by atoms with Gasteiger partial charge < -0.3 is 14.8 Å². The molecule has 18 heavy (non-hydrogen) atoms. The molecule has 1 aliphatic carbocycles. The first-order valence-electron chi connectivity index (χ1n) is 6.51.